The number of hydrogen-bond donors (Lipinski definition) is 3. The number of fused-ring (bicyclic) bond motifs is 1. The molecule has 0 spiro atoms. The van der Waals surface area contributed by atoms with Crippen molar-refractivity contribution in [3.8, 4) is 11.1 Å². The Morgan fingerprint density at radius 3 is 2.39 bits per heavy atom. The lowest BCUT2D eigenvalue weighted by Gasteiger charge is -2.35. The fraction of sp³-hybridized carbons (Fsp3) is 0.475. The van der Waals surface area contributed by atoms with Gasteiger partial charge in [0.25, 0.3) is 11.5 Å². The topological polar surface area (TPSA) is 128 Å². The second-order valence-corrected chi connectivity index (χ2v) is 14.2. The molecule has 272 valence electrons. The van der Waals surface area contributed by atoms with E-state index in [0.717, 1.165) is 91.1 Å². The molecule has 3 N–H and O–H groups in total. The number of carbonyl (C=O) groups is 2. The lowest BCUT2D eigenvalue weighted by atomic mass is 9.79. The fourth-order valence-electron chi connectivity index (χ4n) is 7.02. The second kappa shape index (κ2) is 16.5. The number of anilines is 1. The zero-order valence-electron chi connectivity index (χ0n) is 31.1. The van der Waals surface area contributed by atoms with E-state index in [1.165, 1.54) is 0 Å². The van der Waals surface area contributed by atoms with Crippen molar-refractivity contribution in [2.24, 2.45) is 5.41 Å². The number of amides is 2. The van der Waals surface area contributed by atoms with E-state index in [1.807, 2.05) is 55.1 Å². The van der Waals surface area contributed by atoms with E-state index in [1.54, 1.807) is 6.20 Å². The van der Waals surface area contributed by atoms with E-state index >= 15 is 0 Å². The van der Waals surface area contributed by atoms with E-state index < -0.39 is 0 Å². The van der Waals surface area contributed by atoms with Gasteiger partial charge in [-0.15, -0.1) is 6.58 Å². The van der Waals surface area contributed by atoms with Gasteiger partial charge in [0.1, 0.15) is 5.82 Å². The highest BCUT2D eigenvalue weighted by atomic mass is 16.2. The number of hydrogen-bond acceptors (Lipinski definition) is 7. The normalized spacial score (nSPS) is 13.9. The average Bonchev–Trinajstić information content (AvgIpc) is 3.56. The van der Waals surface area contributed by atoms with E-state index in [2.05, 4.69) is 70.9 Å². The van der Waals surface area contributed by atoms with Crippen molar-refractivity contribution in [2.45, 2.75) is 79.8 Å². The maximum atomic E-state index is 13.7. The molecule has 4 heterocycles. The maximum absolute atomic E-state index is 13.7. The highest BCUT2D eigenvalue weighted by Gasteiger charge is 2.26. The van der Waals surface area contributed by atoms with Gasteiger partial charge in [-0.3, -0.25) is 24.0 Å². The van der Waals surface area contributed by atoms with E-state index in [9.17, 15) is 14.4 Å². The molecular weight excluding hydrogens is 640 g/mol. The Kier molecular flexibility index (Phi) is 12.1. The molecule has 1 aliphatic heterocycles. The van der Waals surface area contributed by atoms with Gasteiger partial charge >= 0.3 is 0 Å². The molecule has 0 atom stereocenters. The highest BCUT2D eigenvalue weighted by molar-refractivity contribution is 6.08. The van der Waals surface area contributed by atoms with Gasteiger partial charge < -0.3 is 20.5 Å². The monoisotopic (exact) mass is 694 g/mol. The van der Waals surface area contributed by atoms with Gasteiger partial charge in [0.05, 0.1) is 17.3 Å². The molecule has 51 heavy (non-hydrogen) atoms. The first-order chi connectivity index (χ1) is 24.5. The Labute approximate surface area is 301 Å². The molecule has 1 aliphatic rings. The summed E-state index contributed by atoms with van der Waals surface area (Å²) in [4.78, 5) is 51.2. The lowest BCUT2D eigenvalue weighted by molar-refractivity contribution is -0.122. The van der Waals surface area contributed by atoms with Gasteiger partial charge in [-0.05, 0) is 93.8 Å². The van der Waals surface area contributed by atoms with Crippen LogP contribution in [0, 0.1) is 19.3 Å². The number of aryl methyl sites for hydroxylation is 2. The van der Waals surface area contributed by atoms with Crippen LogP contribution in [0.25, 0.3) is 22.0 Å². The van der Waals surface area contributed by atoms with Gasteiger partial charge in [0.2, 0.25) is 5.91 Å². The van der Waals surface area contributed by atoms with Crippen LogP contribution in [0.1, 0.15) is 86.6 Å². The van der Waals surface area contributed by atoms with Crippen molar-refractivity contribution in [3.05, 3.63) is 88.1 Å². The van der Waals surface area contributed by atoms with Crippen LogP contribution in [0.2, 0.25) is 0 Å². The Balaban J connectivity index is 1.23. The molecule has 11 nitrogen and oxygen atoms in total. The quantitative estimate of drug-likeness (QED) is 0.132. The number of carbonyl (C=O) groups excluding carboxylic acids is 2. The van der Waals surface area contributed by atoms with Crippen LogP contribution >= 0.6 is 0 Å². The first-order valence-electron chi connectivity index (χ1n) is 18.3. The standard InChI is InChI=1S/C40H54N8O3/c1-8-14-40(9-2,10-3)26-43-37(49)13-15-46-16-18-47(19-17-46)36-12-11-30(23-41-36)31-21-32(34-25-44-48(27(4)5)35(34)22-31)38(50)42-24-33-28(6)20-29(7)45-39(33)51/h8,11-12,20-23,25,27H,1,9-10,13-19,24,26H2,2-7H3,(H,42,50)(H,43,49)(H,45,51). The summed E-state index contributed by atoms with van der Waals surface area (Å²) in [6.45, 7) is 21.0. The summed E-state index contributed by atoms with van der Waals surface area (Å²) in [5.74, 6) is 0.739. The van der Waals surface area contributed by atoms with Gasteiger partial charge in [-0.1, -0.05) is 19.9 Å². The number of benzene rings is 1. The van der Waals surface area contributed by atoms with Crippen LogP contribution in [-0.4, -0.2) is 75.7 Å². The van der Waals surface area contributed by atoms with Crippen LogP contribution in [0.3, 0.4) is 0 Å². The minimum Gasteiger partial charge on any atom is -0.355 e. The van der Waals surface area contributed by atoms with Crippen LogP contribution < -0.4 is 21.1 Å². The predicted molar refractivity (Wildman–Crippen MR) is 205 cm³/mol. The molecule has 0 saturated carbocycles. The molecular formula is C40H54N8O3. The van der Waals surface area contributed by atoms with E-state index in [4.69, 9.17) is 4.98 Å². The van der Waals surface area contributed by atoms with E-state index in [-0.39, 0.29) is 35.4 Å². The van der Waals surface area contributed by atoms with Gasteiger partial charge in [-0.2, -0.15) is 5.10 Å². The lowest BCUT2D eigenvalue weighted by Crippen LogP contribution is -2.47. The number of rotatable bonds is 15. The van der Waals surface area contributed by atoms with Crippen molar-refractivity contribution in [1.29, 1.82) is 0 Å². The fourth-order valence-corrected chi connectivity index (χ4v) is 7.02. The molecule has 1 aromatic carbocycles. The summed E-state index contributed by atoms with van der Waals surface area (Å²) >= 11 is 0. The number of pyridine rings is 2. The second-order valence-electron chi connectivity index (χ2n) is 14.2. The summed E-state index contributed by atoms with van der Waals surface area (Å²) in [5.41, 5.74) is 5.17. The summed E-state index contributed by atoms with van der Waals surface area (Å²) in [6.07, 6.45) is 8.99. The number of aromatic nitrogens is 4. The van der Waals surface area contributed by atoms with Crippen LogP contribution in [0.5, 0.6) is 0 Å². The molecule has 1 saturated heterocycles. The number of allylic oxidation sites excluding steroid dienone is 1. The Morgan fingerprint density at radius 2 is 1.76 bits per heavy atom. The molecule has 1 fully saturated rings. The largest absolute Gasteiger partial charge is 0.355 e. The molecule has 0 aliphatic carbocycles. The molecule has 0 radical (unpaired) electrons. The van der Waals surface area contributed by atoms with Crippen molar-refractivity contribution in [1.82, 2.24) is 35.3 Å². The third-order valence-corrected chi connectivity index (χ3v) is 10.5. The Bertz CT molecular complexity index is 1900. The number of piperazine rings is 1. The SMILES string of the molecule is C=CCC(CC)(CC)CNC(=O)CCN1CCN(c2ccc(-c3cc(C(=O)NCc4c(C)cc(C)[nH]c4=O)c4cnn(C(C)C)c4c3)cn2)CC1. The van der Waals surface area contributed by atoms with Crippen LogP contribution in [-0.2, 0) is 11.3 Å². The summed E-state index contributed by atoms with van der Waals surface area (Å²) in [7, 11) is 0. The number of H-pyrrole nitrogens is 1. The van der Waals surface area contributed by atoms with Gasteiger partial charge in [0, 0.05) is 86.7 Å². The van der Waals surface area contributed by atoms with Gasteiger partial charge in [-0.25, -0.2) is 4.98 Å². The third-order valence-electron chi connectivity index (χ3n) is 10.5. The zero-order chi connectivity index (χ0) is 36.7. The van der Waals surface area contributed by atoms with E-state index in [0.29, 0.717) is 24.1 Å². The van der Waals surface area contributed by atoms with Crippen molar-refractivity contribution < 1.29 is 9.59 Å². The minimum absolute atomic E-state index is 0.0931. The smallest absolute Gasteiger partial charge is 0.253 e. The molecule has 0 bridgehead atoms. The first-order valence-corrected chi connectivity index (χ1v) is 18.3. The molecule has 4 aromatic rings. The predicted octanol–water partition coefficient (Wildman–Crippen LogP) is 5.93. The molecule has 2 amide bonds. The highest BCUT2D eigenvalue weighted by Crippen LogP contribution is 2.31. The average molecular weight is 695 g/mol. The van der Waals surface area contributed by atoms with Crippen molar-refractivity contribution in [2.75, 3.05) is 44.2 Å². The first kappa shape index (κ1) is 37.5. The van der Waals surface area contributed by atoms with Gasteiger partial charge in [0.15, 0.2) is 0 Å². The summed E-state index contributed by atoms with van der Waals surface area (Å²) < 4.78 is 1.92. The van der Waals surface area contributed by atoms with Crippen molar-refractivity contribution >= 4 is 28.5 Å². The molecule has 0 unspecified atom stereocenters. The Hall–Kier alpha value is -4.77. The number of nitrogens with zero attached hydrogens (tertiary/aromatic N) is 5. The van der Waals surface area contributed by atoms with Crippen molar-refractivity contribution in [3.63, 3.8) is 0 Å². The molecule has 5 rings (SSSR count). The molecule has 3 aromatic heterocycles. The summed E-state index contributed by atoms with van der Waals surface area (Å²) in [6, 6.07) is 10.0. The number of aromatic amines is 1. The Morgan fingerprint density at radius 1 is 1.02 bits per heavy atom. The summed E-state index contributed by atoms with van der Waals surface area (Å²) in [5, 5.41) is 11.5. The maximum Gasteiger partial charge on any atom is 0.253 e. The third kappa shape index (κ3) is 8.76. The minimum atomic E-state index is -0.271. The number of nitrogens with one attached hydrogen (secondary N) is 3. The van der Waals surface area contributed by atoms with Crippen LogP contribution in [0.15, 0.2) is 60.2 Å². The molecule has 11 heteroatoms. The zero-order valence-corrected chi connectivity index (χ0v) is 31.1. The van der Waals surface area contributed by atoms with Crippen LogP contribution in [0.4, 0.5) is 5.82 Å².